The Labute approximate surface area is 124 Å². The number of fused-ring (bicyclic) bond motifs is 1. The van der Waals surface area contributed by atoms with Crippen LogP contribution in [0, 0.1) is 6.92 Å². The lowest BCUT2D eigenvalue weighted by Gasteiger charge is -2.07. The van der Waals surface area contributed by atoms with Gasteiger partial charge in [0.1, 0.15) is 11.4 Å². The Morgan fingerprint density at radius 3 is 3.05 bits per heavy atom. The third-order valence-electron chi connectivity index (χ3n) is 2.74. The van der Waals surface area contributed by atoms with E-state index in [1.165, 1.54) is 11.3 Å². The monoisotopic (exact) mass is 312 g/mol. The number of benzene rings is 1. The van der Waals surface area contributed by atoms with Gasteiger partial charge in [-0.05, 0) is 24.6 Å². The molecule has 0 N–H and O–H groups in total. The van der Waals surface area contributed by atoms with Crippen LogP contribution in [0.25, 0.3) is 4.96 Å². The number of hydrogen-bond donors (Lipinski definition) is 0. The maximum Gasteiger partial charge on any atom is 0.243 e. The molecule has 0 unspecified atom stereocenters. The van der Waals surface area contributed by atoms with Crippen LogP contribution < -0.4 is 4.74 Å². The molecule has 0 bridgehead atoms. The SMILES string of the molecule is Cc1ccc(Cl)c(Oc2nc3sccn3c2CCl)c1. The van der Waals surface area contributed by atoms with Crippen molar-refractivity contribution in [2.75, 3.05) is 0 Å². The minimum Gasteiger partial charge on any atom is -0.436 e. The van der Waals surface area contributed by atoms with Crippen LogP contribution in [0.3, 0.4) is 0 Å². The normalized spacial score (nSPS) is 11.1. The van der Waals surface area contributed by atoms with Crippen molar-refractivity contribution >= 4 is 39.5 Å². The summed E-state index contributed by atoms with van der Waals surface area (Å²) >= 11 is 13.6. The largest absolute Gasteiger partial charge is 0.436 e. The zero-order chi connectivity index (χ0) is 13.4. The molecule has 19 heavy (non-hydrogen) atoms. The van der Waals surface area contributed by atoms with Gasteiger partial charge in [-0.1, -0.05) is 17.7 Å². The topological polar surface area (TPSA) is 26.5 Å². The van der Waals surface area contributed by atoms with Crippen molar-refractivity contribution in [2.45, 2.75) is 12.8 Å². The maximum absolute atomic E-state index is 6.12. The molecule has 0 radical (unpaired) electrons. The summed E-state index contributed by atoms with van der Waals surface area (Å²) in [5.74, 6) is 1.43. The Hall–Kier alpha value is -1.23. The molecule has 0 fully saturated rings. The second-order valence-electron chi connectivity index (χ2n) is 4.09. The standard InChI is InChI=1S/C13H10Cl2N2OS/c1-8-2-3-9(15)11(6-8)18-12-10(7-14)17-4-5-19-13(17)16-12/h2-6H,7H2,1H3. The third kappa shape index (κ3) is 2.31. The van der Waals surface area contributed by atoms with E-state index in [-0.39, 0.29) is 0 Å². The molecular weight excluding hydrogens is 303 g/mol. The summed E-state index contributed by atoms with van der Waals surface area (Å²) in [5, 5.41) is 2.52. The highest BCUT2D eigenvalue weighted by Gasteiger charge is 2.15. The van der Waals surface area contributed by atoms with E-state index >= 15 is 0 Å². The number of imidazole rings is 1. The van der Waals surface area contributed by atoms with Crippen LogP contribution in [0.15, 0.2) is 29.8 Å². The van der Waals surface area contributed by atoms with Gasteiger partial charge in [0.05, 0.1) is 10.9 Å². The Bertz CT molecular complexity index is 735. The van der Waals surface area contributed by atoms with Crippen molar-refractivity contribution in [3.05, 3.63) is 46.1 Å². The fourth-order valence-corrected chi connectivity index (χ4v) is 2.93. The van der Waals surface area contributed by atoms with Gasteiger partial charge >= 0.3 is 0 Å². The van der Waals surface area contributed by atoms with E-state index in [4.69, 9.17) is 27.9 Å². The molecule has 6 heteroatoms. The fraction of sp³-hybridized carbons (Fsp3) is 0.154. The number of rotatable bonds is 3. The van der Waals surface area contributed by atoms with E-state index in [0.717, 1.165) is 16.2 Å². The first-order valence-electron chi connectivity index (χ1n) is 5.63. The zero-order valence-electron chi connectivity index (χ0n) is 10.1. The van der Waals surface area contributed by atoms with E-state index in [2.05, 4.69) is 4.98 Å². The lowest BCUT2D eigenvalue weighted by Crippen LogP contribution is -1.92. The molecule has 2 heterocycles. The number of aromatic nitrogens is 2. The van der Waals surface area contributed by atoms with Gasteiger partial charge in [0, 0.05) is 11.6 Å². The smallest absolute Gasteiger partial charge is 0.243 e. The van der Waals surface area contributed by atoms with Crippen molar-refractivity contribution < 1.29 is 4.74 Å². The summed E-state index contributed by atoms with van der Waals surface area (Å²) in [6.45, 7) is 1.98. The van der Waals surface area contributed by atoms with Gasteiger partial charge in [-0.15, -0.1) is 22.9 Å². The van der Waals surface area contributed by atoms with E-state index in [1.54, 1.807) is 0 Å². The van der Waals surface area contributed by atoms with Gasteiger partial charge in [-0.25, -0.2) is 0 Å². The Morgan fingerprint density at radius 1 is 1.42 bits per heavy atom. The molecule has 0 atom stereocenters. The molecule has 1 aromatic carbocycles. The lowest BCUT2D eigenvalue weighted by atomic mass is 10.2. The lowest BCUT2D eigenvalue weighted by molar-refractivity contribution is 0.461. The fourth-order valence-electron chi connectivity index (χ4n) is 1.81. The quantitative estimate of drug-likeness (QED) is 0.644. The number of hydrogen-bond acceptors (Lipinski definition) is 3. The highest BCUT2D eigenvalue weighted by molar-refractivity contribution is 7.15. The van der Waals surface area contributed by atoms with Crippen molar-refractivity contribution in [3.8, 4) is 11.6 Å². The molecule has 0 spiro atoms. The van der Waals surface area contributed by atoms with Crippen LogP contribution in [0.2, 0.25) is 5.02 Å². The first-order valence-corrected chi connectivity index (χ1v) is 7.42. The average molecular weight is 313 g/mol. The molecule has 0 aliphatic heterocycles. The van der Waals surface area contributed by atoms with E-state index < -0.39 is 0 Å². The first-order chi connectivity index (χ1) is 9.19. The second-order valence-corrected chi connectivity index (χ2v) is 5.64. The van der Waals surface area contributed by atoms with E-state index in [0.29, 0.717) is 22.5 Å². The molecule has 0 amide bonds. The molecule has 2 aromatic heterocycles. The predicted molar refractivity (Wildman–Crippen MR) is 78.9 cm³/mol. The molecule has 3 aromatic rings. The number of alkyl halides is 1. The Balaban J connectivity index is 2.05. The van der Waals surface area contributed by atoms with Gasteiger partial charge in [0.2, 0.25) is 5.88 Å². The van der Waals surface area contributed by atoms with Gasteiger partial charge in [0.15, 0.2) is 4.96 Å². The molecule has 0 saturated heterocycles. The summed E-state index contributed by atoms with van der Waals surface area (Å²) in [4.78, 5) is 5.28. The van der Waals surface area contributed by atoms with Crippen LogP contribution in [-0.4, -0.2) is 9.38 Å². The van der Waals surface area contributed by atoms with Crippen molar-refractivity contribution in [1.82, 2.24) is 9.38 Å². The highest BCUT2D eigenvalue weighted by Crippen LogP contribution is 2.33. The summed E-state index contributed by atoms with van der Waals surface area (Å²) in [7, 11) is 0. The number of nitrogens with zero attached hydrogens (tertiary/aromatic N) is 2. The average Bonchev–Trinajstić information content (AvgIpc) is 2.94. The third-order valence-corrected chi connectivity index (χ3v) is 4.07. The van der Waals surface area contributed by atoms with E-state index in [9.17, 15) is 0 Å². The summed E-state index contributed by atoms with van der Waals surface area (Å²) in [5.41, 5.74) is 1.91. The molecule has 0 aliphatic carbocycles. The zero-order valence-corrected chi connectivity index (χ0v) is 12.4. The Morgan fingerprint density at radius 2 is 2.26 bits per heavy atom. The van der Waals surface area contributed by atoms with Gasteiger partial charge in [-0.3, -0.25) is 4.40 Å². The molecule has 3 rings (SSSR count). The van der Waals surface area contributed by atoms with Gasteiger partial charge in [-0.2, -0.15) is 4.98 Å². The number of ether oxygens (including phenoxy) is 1. The molecule has 3 nitrogen and oxygen atoms in total. The number of thiazole rings is 1. The van der Waals surface area contributed by atoms with Gasteiger partial charge in [0.25, 0.3) is 0 Å². The van der Waals surface area contributed by atoms with E-state index in [1.807, 2.05) is 41.1 Å². The molecular formula is C13H10Cl2N2OS. The number of halogens is 2. The molecule has 98 valence electrons. The number of aryl methyl sites for hydroxylation is 1. The van der Waals surface area contributed by atoms with Gasteiger partial charge < -0.3 is 4.74 Å². The van der Waals surface area contributed by atoms with Crippen LogP contribution in [0.1, 0.15) is 11.3 Å². The highest BCUT2D eigenvalue weighted by atomic mass is 35.5. The molecule has 0 saturated carbocycles. The van der Waals surface area contributed by atoms with Crippen molar-refractivity contribution in [1.29, 1.82) is 0 Å². The summed E-state index contributed by atoms with van der Waals surface area (Å²) < 4.78 is 7.74. The molecule has 0 aliphatic rings. The summed E-state index contributed by atoms with van der Waals surface area (Å²) in [6.07, 6.45) is 1.93. The van der Waals surface area contributed by atoms with Crippen LogP contribution in [0.4, 0.5) is 0 Å². The van der Waals surface area contributed by atoms with Crippen LogP contribution >= 0.6 is 34.5 Å². The second kappa shape index (κ2) is 5.04. The minimum atomic E-state index is 0.330. The minimum absolute atomic E-state index is 0.330. The van der Waals surface area contributed by atoms with Crippen molar-refractivity contribution in [3.63, 3.8) is 0 Å². The van der Waals surface area contributed by atoms with Crippen LogP contribution in [0.5, 0.6) is 11.6 Å². The van der Waals surface area contributed by atoms with Crippen molar-refractivity contribution in [2.24, 2.45) is 0 Å². The summed E-state index contributed by atoms with van der Waals surface area (Å²) in [6, 6.07) is 5.63. The maximum atomic E-state index is 6.12. The Kier molecular flexibility index (Phi) is 3.39. The first kappa shape index (κ1) is 12.8. The van der Waals surface area contributed by atoms with Crippen LogP contribution in [-0.2, 0) is 5.88 Å². The predicted octanol–water partition coefficient (Wildman–Crippen LogP) is 4.89.